The molecule has 1 aromatic heterocycles. The van der Waals surface area contributed by atoms with Crippen molar-refractivity contribution in [1.82, 2.24) is 15.3 Å². The lowest BCUT2D eigenvalue weighted by Crippen LogP contribution is -2.31. The SMILES string of the molecule is CCC(C)NC(=O)c1cccc(Nc2ncc(-c3ccc(C)cc3)cn2)c1. The lowest BCUT2D eigenvalue weighted by atomic mass is 10.1. The van der Waals surface area contributed by atoms with Gasteiger partial charge < -0.3 is 10.6 Å². The molecule has 3 aromatic rings. The molecule has 1 heterocycles. The van der Waals surface area contributed by atoms with Crippen LogP contribution in [-0.4, -0.2) is 21.9 Å². The van der Waals surface area contributed by atoms with Crippen molar-refractivity contribution < 1.29 is 4.79 Å². The standard InChI is InChI=1S/C22H24N4O/c1-4-16(3)25-21(27)18-6-5-7-20(12-18)26-22-23-13-19(14-24-22)17-10-8-15(2)9-11-17/h5-14,16H,4H2,1-3H3,(H,25,27)(H,23,24,26). The van der Waals surface area contributed by atoms with Crippen LogP contribution in [0.15, 0.2) is 60.9 Å². The topological polar surface area (TPSA) is 66.9 Å². The Bertz CT molecular complexity index is 904. The molecule has 0 saturated carbocycles. The van der Waals surface area contributed by atoms with E-state index in [1.807, 2.05) is 26.0 Å². The van der Waals surface area contributed by atoms with Crippen LogP contribution < -0.4 is 10.6 Å². The Balaban J connectivity index is 1.71. The molecule has 138 valence electrons. The molecule has 0 aliphatic carbocycles. The van der Waals surface area contributed by atoms with E-state index in [9.17, 15) is 4.79 Å². The molecule has 5 nitrogen and oxygen atoms in total. The molecule has 3 rings (SSSR count). The monoisotopic (exact) mass is 360 g/mol. The van der Waals surface area contributed by atoms with Crippen LogP contribution in [0.25, 0.3) is 11.1 Å². The molecule has 2 aromatic carbocycles. The Kier molecular flexibility index (Phi) is 5.81. The zero-order valence-corrected chi connectivity index (χ0v) is 15.9. The van der Waals surface area contributed by atoms with E-state index in [-0.39, 0.29) is 11.9 Å². The minimum absolute atomic E-state index is 0.0800. The van der Waals surface area contributed by atoms with Gasteiger partial charge in [-0.25, -0.2) is 9.97 Å². The van der Waals surface area contributed by atoms with Crippen LogP contribution in [0.1, 0.15) is 36.2 Å². The average Bonchev–Trinajstić information content (AvgIpc) is 2.69. The molecule has 0 saturated heterocycles. The Morgan fingerprint density at radius 1 is 1.04 bits per heavy atom. The summed E-state index contributed by atoms with van der Waals surface area (Å²) in [7, 11) is 0. The summed E-state index contributed by atoms with van der Waals surface area (Å²) in [6.07, 6.45) is 4.48. The third-order valence-electron chi connectivity index (χ3n) is 4.41. The van der Waals surface area contributed by atoms with Gasteiger partial charge in [-0.2, -0.15) is 0 Å². The number of nitrogens with zero attached hydrogens (tertiary/aromatic N) is 2. The summed E-state index contributed by atoms with van der Waals surface area (Å²) < 4.78 is 0. The van der Waals surface area contributed by atoms with E-state index >= 15 is 0 Å². The molecule has 27 heavy (non-hydrogen) atoms. The second-order valence-corrected chi connectivity index (χ2v) is 6.65. The van der Waals surface area contributed by atoms with Gasteiger partial charge in [0.25, 0.3) is 5.91 Å². The molecular weight excluding hydrogens is 336 g/mol. The largest absolute Gasteiger partial charge is 0.350 e. The van der Waals surface area contributed by atoms with Crippen molar-refractivity contribution in [1.29, 1.82) is 0 Å². The maximum Gasteiger partial charge on any atom is 0.251 e. The first kappa shape index (κ1) is 18.6. The zero-order chi connectivity index (χ0) is 19.2. The predicted octanol–water partition coefficient (Wildman–Crippen LogP) is 4.72. The van der Waals surface area contributed by atoms with Gasteiger partial charge in [-0.15, -0.1) is 0 Å². The molecule has 2 N–H and O–H groups in total. The Hall–Kier alpha value is -3.21. The maximum absolute atomic E-state index is 12.3. The van der Waals surface area contributed by atoms with Gasteiger partial charge in [0.1, 0.15) is 0 Å². The Morgan fingerprint density at radius 2 is 1.74 bits per heavy atom. The molecule has 0 spiro atoms. The van der Waals surface area contributed by atoms with Crippen LogP contribution >= 0.6 is 0 Å². The number of carbonyl (C=O) groups is 1. The fourth-order valence-corrected chi connectivity index (χ4v) is 2.56. The van der Waals surface area contributed by atoms with E-state index in [4.69, 9.17) is 0 Å². The average molecular weight is 360 g/mol. The highest BCUT2D eigenvalue weighted by Gasteiger charge is 2.09. The highest BCUT2D eigenvalue weighted by molar-refractivity contribution is 5.95. The number of benzene rings is 2. The third-order valence-corrected chi connectivity index (χ3v) is 4.41. The molecule has 5 heteroatoms. The summed E-state index contributed by atoms with van der Waals surface area (Å²) in [5, 5.41) is 6.12. The molecular formula is C22H24N4O. The van der Waals surface area contributed by atoms with Crippen LogP contribution in [0.2, 0.25) is 0 Å². The first-order valence-electron chi connectivity index (χ1n) is 9.12. The van der Waals surface area contributed by atoms with Gasteiger partial charge in [-0.1, -0.05) is 42.8 Å². The minimum atomic E-state index is -0.0800. The minimum Gasteiger partial charge on any atom is -0.350 e. The zero-order valence-electron chi connectivity index (χ0n) is 15.9. The number of aryl methyl sites for hydroxylation is 1. The first-order chi connectivity index (χ1) is 13.0. The summed E-state index contributed by atoms with van der Waals surface area (Å²) in [6.45, 7) is 6.09. The molecule has 0 aliphatic rings. The fourth-order valence-electron chi connectivity index (χ4n) is 2.56. The quantitative estimate of drug-likeness (QED) is 0.667. The van der Waals surface area contributed by atoms with Gasteiger partial charge in [0.2, 0.25) is 5.95 Å². The summed E-state index contributed by atoms with van der Waals surface area (Å²) in [4.78, 5) is 21.0. The number of carbonyl (C=O) groups excluding carboxylic acids is 1. The Morgan fingerprint density at radius 3 is 2.41 bits per heavy atom. The van der Waals surface area contributed by atoms with Gasteiger partial charge >= 0.3 is 0 Å². The van der Waals surface area contributed by atoms with E-state index in [0.717, 1.165) is 23.2 Å². The summed E-state index contributed by atoms with van der Waals surface area (Å²) in [6, 6.07) is 15.7. The van der Waals surface area contributed by atoms with Crippen LogP contribution in [0.3, 0.4) is 0 Å². The van der Waals surface area contributed by atoms with Gasteiger partial charge in [-0.3, -0.25) is 4.79 Å². The first-order valence-corrected chi connectivity index (χ1v) is 9.12. The van der Waals surface area contributed by atoms with Crippen molar-refractivity contribution in [3.8, 4) is 11.1 Å². The van der Waals surface area contributed by atoms with E-state index < -0.39 is 0 Å². The summed E-state index contributed by atoms with van der Waals surface area (Å²) in [5.74, 6) is 0.411. The predicted molar refractivity (Wildman–Crippen MR) is 109 cm³/mol. The molecule has 0 fully saturated rings. The molecule has 1 unspecified atom stereocenters. The number of nitrogens with one attached hydrogen (secondary N) is 2. The molecule has 1 atom stereocenters. The van der Waals surface area contributed by atoms with Crippen molar-refractivity contribution in [2.24, 2.45) is 0 Å². The van der Waals surface area contributed by atoms with E-state index in [1.54, 1.807) is 24.5 Å². The maximum atomic E-state index is 12.3. The van der Waals surface area contributed by atoms with Crippen molar-refractivity contribution in [2.75, 3.05) is 5.32 Å². The highest BCUT2D eigenvalue weighted by atomic mass is 16.1. The fraction of sp³-hybridized carbons (Fsp3) is 0.227. The van der Waals surface area contributed by atoms with Gasteiger partial charge in [-0.05, 0) is 44.0 Å². The van der Waals surface area contributed by atoms with Gasteiger partial charge in [0.05, 0.1) is 0 Å². The van der Waals surface area contributed by atoms with Crippen molar-refractivity contribution in [3.05, 3.63) is 72.1 Å². The van der Waals surface area contributed by atoms with E-state index in [1.165, 1.54) is 5.56 Å². The summed E-state index contributed by atoms with van der Waals surface area (Å²) in [5.41, 5.74) is 4.64. The molecule has 0 aliphatic heterocycles. The van der Waals surface area contributed by atoms with Gasteiger partial charge in [0, 0.05) is 35.2 Å². The van der Waals surface area contributed by atoms with Crippen molar-refractivity contribution in [3.63, 3.8) is 0 Å². The van der Waals surface area contributed by atoms with Gasteiger partial charge in [0.15, 0.2) is 0 Å². The lowest BCUT2D eigenvalue weighted by molar-refractivity contribution is 0.0939. The molecule has 0 radical (unpaired) electrons. The number of rotatable bonds is 6. The second-order valence-electron chi connectivity index (χ2n) is 6.65. The summed E-state index contributed by atoms with van der Waals surface area (Å²) >= 11 is 0. The highest BCUT2D eigenvalue weighted by Crippen LogP contribution is 2.20. The Labute approximate surface area is 159 Å². The number of hydrogen-bond donors (Lipinski definition) is 2. The van der Waals surface area contributed by atoms with Crippen molar-refractivity contribution in [2.45, 2.75) is 33.2 Å². The number of amides is 1. The molecule has 0 bridgehead atoms. The van der Waals surface area contributed by atoms with Crippen molar-refractivity contribution >= 4 is 17.5 Å². The van der Waals surface area contributed by atoms with E-state index in [2.05, 4.69) is 51.8 Å². The third kappa shape index (κ3) is 4.91. The number of anilines is 2. The smallest absolute Gasteiger partial charge is 0.251 e. The van der Waals surface area contributed by atoms with Crippen LogP contribution in [0.4, 0.5) is 11.6 Å². The second kappa shape index (κ2) is 8.45. The number of hydrogen-bond acceptors (Lipinski definition) is 4. The van der Waals surface area contributed by atoms with Crippen LogP contribution in [0.5, 0.6) is 0 Å². The van der Waals surface area contributed by atoms with Crippen LogP contribution in [-0.2, 0) is 0 Å². The lowest BCUT2D eigenvalue weighted by Gasteiger charge is -2.12. The van der Waals surface area contributed by atoms with Crippen LogP contribution in [0, 0.1) is 6.92 Å². The molecule has 1 amide bonds. The normalized spacial score (nSPS) is 11.7. The van der Waals surface area contributed by atoms with E-state index in [0.29, 0.717) is 11.5 Å². The number of aromatic nitrogens is 2.